The van der Waals surface area contributed by atoms with E-state index in [0.717, 1.165) is 39.0 Å². The number of hydrogen-bond acceptors (Lipinski definition) is 3. The van der Waals surface area contributed by atoms with Crippen molar-refractivity contribution >= 4 is 0 Å². The second-order valence-corrected chi connectivity index (χ2v) is 5.22. The molecule has 0 amide bonds. The van der Waals surface area contributed by atoms with Gasteiger partial charge in [0.15, 0.2) is 0 Å². The van der Waals surface area contributed by atoms with Crippen LogP contribution in [0.3, 0.4) is 0 Å². The normalized spacial score (nSPS) is 13.1. The first-order valence-corrected chi connectivity index (χ1v) is 7.52. The van der Waals surface area contributed by atoms with E-state index < -0.39 is 0 Å². The fourth-order valence-corrected chi connectivity index (χ4v) is 2.02. The van der Waals surface area contributed by atoms with Gasteiger partial charge in [0.1, 0.15) is 0 Å². The average Bonchev–Trinajstić information content (AvgIpc) is 2.84. The van der Waals surface area contributed by atoms with Crippen LogP contribution in [0.1, 0.15) is 52.3 Å². The van der Waals surface area contributed by atoms with Crippen LogP contribution in [-0.4, -0.2) is 35.6 Å². The molecule has 0 fully saturated rings. The Hall–Kier alpha value is -0.870. The molecule has 0 spiro atoms. The second-order valence-electron chi connectivity index (χ2n) is 5.22. The van der Waals surface area contributed by atoms with Crippen LogP contribution in [0.4, 0.5) is 0 Å². The first kappa shape index (κ1) is 16.2. The molecule has 1 aromatic rings. The van der Waals surface area contributed by atoms with Gasteiger partial charge in [-0.15, -0.1) is 0 Å². The highest BCUT2D eigenvalue weighted by atomic mass is 16.5. The molecule has 1 atom stereocenters. The summed E-state index contributed by atoms with van der Waals surface area (Å²) in [4.78, 5) is 0. The van der Waals surface area contributed by atoms with Gasteiger partial charge < -0.3 is 10.1 Å². The summed E-state index contributed by atoms with van der Waals surface area (Å²) >= 11 is 0. The Morgan fingerprint density at radius 2 is 2.16 bits per heavy atom. The van der Waals surface area contributed by atoms with Gasteiger partial charge in [-0.25, -0.2) is 0 Å². The van der Waals surface area contributed by atoms with Crippen LogP contribution >= 0.6 is 0 Å². The van der Waals surface area contributed by atoms with Crippen LogP contribution in [0.25, 0.3) is 0 Å². The number of nitrogens with zero attached hydrogens (tertiary/aromatic N) is 2. The predicted octanol–water partition coefficient (Wildman–Crippen LogP) is 2.80. The highest BCUT2D eigenvalue weighted by molar-refractivity contribution is 5.02. The molecule has 4 nitrogen and oxygen atoms in total. The van der Waals surface area contributed by atoms with Crippen LogP contribution in [0.15, 0.2) is 12.3 Å². The molecule has 0 saturated heterocycles. The van der Waals surface area contributed by atoms with Crippen LogP contribution in [0, 0.1) is 0 Å². The summed E-state index contributed by atoms with van der Waals surface area (Å²) in [5.74, 6) is 0. The maximum atomic E-state index is 5.46. The van der Waals surface area contributed by atoms with Crippen molar-refractivity contribution in [2.75, 3.05) is 19.8 Å². The number of ether oxygens (including phenoxy) is 1. The average molecular weight is 267 g/mol. The van der Waals surface area contributed by atoms with E-state index >= 15 is 0 Å². The number of hydrogen-bond donors (Lipinski definition) is 1. The molecule has 0 radical (unpaired) electrons. The van der Waals surface area contributed by atoms with E-state index in [1.165, 1.54) is 5.69 Å². The molecule has 0 aliphatic rings. The summed E-state index contributed by atoms with van der Waals surface area (Å²) in [5.41, 5.74) is 1.17. The molecule has 1 heterocycles. The van der Waals surface area contributed by atoms with Crippen molar-refractivity contribution in [2.45, 2.75) is 59.0 Å². The Balaban J connectivity index is 2.48. The number of aromatic nitrogens is 2. The summed E-state index contributed by atoms with van der Waals surface area (Å²) in [6.45, 7) is 11.2. The van der Waals surface area contributed by atoms with E-state index in [0.29, 0.717) is 12.1 Å². The Morgan fingerprint density at radius 3 is 2.74 bits per heavy atom. The fraction of sp³-hybridized carbons (Fsp3) is 0.800. The summed E-state index contributed by atoms with van der Waals surface area (Å²) in [5, 5.41) is 8.21. The third-order valence-electron chi connectivity index (χ3n) is 3.15. The predicted molar refractivity (Wildman–Crippen MR) is 79.5 cm³/mol. The maximum absolute atomic E-state index is 5.46. The van der Waals surface area contributed by atoms with Gasteiger partial charge in [-0.05, 0) is 46.2 Å². The molecule has 1 unspecified atom stereocenters. The van der Waals surface area contributed by atoms with Gasteiger partial charge in [-0.3, -0.25) is 4.68 Å². The van der Waals surface area contributed by atoms with Gasteiger partial charge in [0, 0.05) is 37.9 Å². The second kappa shape index (κ2) is 9.10. The summed E-state index contributed by atoms with van der Waals surface area (Å²) in [6, 6.07) is 3.02. The van der Waals surface area contributed by atoms with Gasteiger partial charge >= 0.3 is 0 Å². The number of rotatable bonds is 10. The summed E-state index contributed by atoms with van der Waals surface area (Å²) in [7, 11) is 0. The largest absolute Gasteiger partial charge is 0.382 e. The van der Waals surface area contributed by atoms with Crippen molar-refractivity contribution in [3.8, 4) is 0 Å². The van der Waals surface area contributed by atoms with Crippen molar-refractivity contribution in [3.63, 3.8) is 0 Å². The standard InChI is InChI=1S/C15H29N3O/c1-5-9-16-14(8-11-19-6-2)12-15-7-10-18(17-15)13(3)4/h7,10,13-14,16H,5-6,8-9,11-12H2,1-4H3. The van der Waals surface area contributed by atoms with Crippen LogP contribution < -0.4 is 5.32 Å². The quantitative estimate of drug-likeness (QED) is 0.663. The molecule has 0 aliphatic carbocycles. The SMILES string of the molecule is CCCNC(CCOCC)Cc1ccn(C(C)C)n1. The van der Waals surface area contributed by atoms with E-state index in [1.54, 1.807) is 0 Å². The minimum atomic E-state index is 0.430. The molecule has 19 heavy (non-hydrogen) atoms. The molecule has 1 aromatic heterocycles. The van der Waals surface area contributed by atoms with E-state index in [-0.39, 0.29) is 0 Å². The van der Waals surface area contributed by atoms with Crippen molar-refractivity contribution in [1.82, 2.24) is 15.1 Å². The Kier molecular flexibility index (Phi) is 7.75. The highest BCUT2D eigenvalue weighted by Gasteiger charge is 2.11. The van der Waals surface area contributed by atoms with Gasteiger partial charge in [0.05, 0.1) is 5.69 Å². The minimum Gasteiger partial charge on any atom is -0.382 e. The first-order valence-electron chi connectivity index (χ1n) is 7.52. The van der Waals surface area contributed by atoms with Crippen molar-refractivity contribution < 1.29 is 4.74 Å². The van der Waals surface area contributed by atoms with Gasteiger partial charge in [-0.1, -0.05) is 6.92 Å². The lowest BCUT2D eigenvalue weighted by Gasteiger charge is -2.17. The molecule has 0 aromatic carbocycles. The molecule has 0 saturated carbocycles. The first-order chi connectivity index (χ1) is 9.17. The van der Waals surface area contributed by atoms with Crippen LogP contribution in [0.5, 0.6) is 0 Å². The maximum Gasteiger partial charge on any atom is 0.0640 e. The molecule has 0 bridgehead atoms. The van der Waals surface area contributed by atoms with E-state index in [4.69, 9.17) is 4.74 Å². The van der Waals surface area contributed by atoms with Crippen molar-refractivity contribution in [1.29, 1.82) is 0 Å². The lowest BCUT2D eigenvalue weighted by molar-refractivity contribution is 0.136. The van der Waals surface area contributed by atoms with E-state index in [2.05, 4.69) is 43.4 Å². The molecule has 4 heteroatoms. The zero-order valence-electron chi connectivity index (χ0n) is 12.9. The minimum absolute atomic E-state index is 0.430. The number of nitrogens with one attached hydrogen (secondary N) is 1. The van der Waals surface area contributed by atoms with E-state index in [1.807, 2.05) is 11.6 Å². The van der Waals surface area contributed by atoms with Crippen LogP contribution in [-0.2, 0) is 11.2 Å². The lowest BCUT2D eigenvalue weighted by Crippen LogP contribution is -2.33. The Labute approximate surface area is 117 Å². The fourth-order valence-electron chi connectivity index (χ4n) is 2.02. The monoisotopic (exact) mass is 267 g/mol. The van der Waals surface area contributed by atoms with E-state index in [9.17, 15) is 0 Å². The Morgan fingerprint density at radius 1 is 1.37 bits per heavy atom. The third-order valence-corrected chi connectivity index (χ3v) is 3.15. The molecule has 110 valence electrons. The van der Waals surface area contributed by atoms with Crippen LogP contribution in [0.2, 0.25) is 0 Å². The molecule has 1 rings (SSSR count). The molecule has 1 N–H and O–H groups in total. The summed E-state index contributed by atoms with van der Waals surface area (Å²) in [6.07, 6.45) is 5.25. The highest BCUT2D eigenvalue weighted by Crippen LogP contribution is 2.08. The van der Waals surface area contributed by atoms with Gasteiger partial charge in [0.2, 0.25) is 0 Å². The molecule has 0 aliphatic heterocycles. The Bertz CT molecular complexity index is 336. The zero-order valence-corrected chi connectivity index (χ0v) is 12.9. The zero-order chi connectivity index (χ0) is 14.1. The smallest absolute Gasteiger partial charge is 0.0640 e. The van der Waals surface area contributed by atoms with Crippen molar-refractivity contribution in [2.24, 2.45) is 0 Å². The van der Waals surface area contributed by atoms with Crippen molar-refractivity contribution in [3.05, 3.63) is 18.0 Å². The molecular weight excluding hydrogens is 238 g/mol. The third kappa shape index (κ3) is 6.21. The lowest BCUT2D eigenvalue weighted by atomic mass is 10.1. The van der Waals surface area contributed by atoms with Gasteiger partial charge in [0.25, 0.3) is 0 Å². The topological polar surface area (TPSA) is 39.1 Å². The van der Waals surface area contributed by atoms with Gasteiger partial charge in [-0.2, -0.15) is 5.10 Å². The molecular formula is C15H29N3O. The summed E-state index contributed by atoms with van der Waals surface area (Å²) < 4.78 is 7.48.